The van der Waals surface area contributed by atoms with Crippen LogP contribution >= 0.6 is 0 Å². The van der Waals surface area contributed by atoms with E-state index in [4.69, 9.17) is 0 Å². The van der Waals surface area contributed by atoms with E-state index in [1.165, 1.54) is 0 Å². The van der Waals surface area contributed by atoms with Gasteiger partial charge in [0, 0.05) is 31.6 Å². The first-order chi connectivity index (χ1) is 14.3. The van der Waals surface area contributed by atoms with Gasteiger partial charge in [0.1, 0.15) is 5.82 Å². The molecule has 0 fully saturated rings. The zero-order valence-corrected chi connectivity index (χ0v) is 16.2. The first kappa shape index (κ1) is 18.9. The van der Waals surface area contributed by atoms with E-state index < -0.39 is 0 Å². The molecular weight excluding hydrogens is 360 g/mol. The highest BCUT2D eigenvalue weighted by Gasteiger charge is 2.20. The zero-order chi connectivity index (χ0) is 19.9. The fraction of sp³-hybridized carbons (Fsp3) is 0.208. The third-order valence-corrected chi connectivity index (χ3v) is 5.10. The lowest BCUT2D eigenvalue weighted by molar-refractivity contribution is -0.122. The second kappa shape index (κ2) is 9.15. The monoisotopic (exact) mass is 384 g/mol. The van der Waals surface area contributed by atoms with Crippen LogP contribution < -0.4 is 5.32 Å². The molecule has 0 radical (unpaired) electrons. The number of hydrogen-bond donors (Lipinski definition) is 1. The van der Waals surface area contributed by atoms with Gasteiger partial charge in [-0.3, -0.25) is 9.78 Å². The molecule has 5 heteroatoms. The standard InChI is InChI=1S/C24H24N4O/c29-24(26-13-6-10-23-27-18-21-9-4-5-16-28(21)23)22(20-7-2-1-3-8-20)17-19-11-14-25-15-12-19/h1-5,7-9,11-12,14-16,18,22H,6,10,13,17H2,(H,26,29). The lowest BCUT2D eigenvalue weighted by atomic mass is 9.91. The van der Waals surface area contributed by atoms with Crippen LogP contribution in [0.1, 0.15) is 29.3 Å². The highest BCUT2D eigenvalue weighted by molar-refractivity contribution is 5.84. The van der Waals surface area contributed by atoms with E-state index in [1.54, 1.807) is 12.4 Å². The van der Waals surface area contributed by atoms with Crippen molar-refractivity contribution in [3.8, 4) is 0 Å². The number of nitrogens with zero attached hydrogens (tertiary/aromatic N) is 3. The van der Waals surface area contributed by atoms with Gasteiger partial charge in [-0.15, -0.1) is 0 Å². The Morgan fingerprint density at radius 2 is 1.79 bits per heavy atom. The topological polar surface area (TPSA) is 59.3 Å². The minimum Gasteiger partial charge on any atom is -0.356 e. The van der Waals surface area contributed by atoms with Crippen LogP contribution in [-0.2, 0) is 17.6 Å². The number of imidazole rings is 1. The number of aryl methyl sites for hydroxylation is 1. The Morgan fingerprint density at radius 3 is 2.62 bits per heavy atom. The van der Waals surface area contributed by atoms with E-state index in [0.29, 0.717) is 13.0 Å². The van der Waals surface area contributed by atoms with Crippen LogP contribution in [0.3, 0.4) is 0 Å². The maximum Gasteiger partial charge on any atom is 0.227 e. The summed E-state index contributed by atoms with van der Waals surface area (Å²) in [4.78, 5) is 21.5. The number of carbonyl (C=O) groups is 1. The van der Waals surface area contributed by atoms with Crippen LogP contribution in [0.15, 0.2) is 85.5 Å². The molecule has 1 amide bonds. The highest BCUT2D eigenvalue weighted by atomic mass is 16.1. The molecule has 0 saturated carbocycles. The summed E-state index contributed by atoms with van der Waals surface area (Å²) in [7, 11) is 0. The second-order valence-corrected chi connectivity index (χ2v) is 7.09. The van der Waals surface area contributed by atoms with Crippen LogP contribution in [0.2, 0.25) is 0 Å². The maximum atomic E-state index is 13.0. The molecule has 29 heavy (non-hydrogen) atoms. The molecule has 1 unspecified atom stereocenters. The Bertz CT molecular complexity index is 1060. The number of pyridine rings is 2. The van der Waals surface area contributed by atoms with Gasteiger partial charge in [-0.05, 0) is 48.2 Å². The third kappa shape index (κ3) is 4.69. The van der Waals surface area contributed by atoms with Gasteiger partial charge in [-0.1, -0.05) is 36.4 Å². The number of rotatable bonds is 8. The smallest absolute Gasteiger partial charge is 0.227 e. The van der Waals surface area contributed by atoms with Crippen molar-refractivity contribution in [3.05, 3.63) is 102 Å². The average molecular weight is 384 g/mol. The molecule has 4 aromatic rings. The molecule has 0 aliphatic carbocycles. The first-order valence-electron chi connectivity index (χ1n) is 9.94. The van der Waals surface area contributed by atoms with Gasteiger partial charge in [0.05, 0.1) is 17.6 Å². The maximum absolute atomic E-state index is 13.0. The summed E-state index contributed by atoms with van der Waals surface area (Å²) in [6.45, 7) is 0.625. The van der Waals surface area contributed by atoms with Crippen molar-refractivity contribution in [1.29, 1.82) is 0 Å². The summed E-state index contributed by atoms with van der Waals surface area (Å²) >= 11 is 0. The lowest BCUT2D eigenvalue weighted by Crippen LogP contribution is -2.31. The van der Waals surface area contributed by atoms with Crippen molar-refractivity contribution in [3.63, 3.8) is 0 Å². The van der Waals surface area contributed by atoms with Crippen molar-refractivity contribution in [2.24, 2.45) is 0 Å². The quantitative estimate of drug-likeness (QED) is 0.470. The van der Waals surface area contributed by atoms with Crippen molar-refractivity contribution in [2.75, 3.05) is 6.54 Å². The second-order valence-electron chi connectivity index (χ2n) is 7.09. The number of hydrogen-bond acceptors (Lipinski definition) is 3. The van der Waals surface area contributed by atoms with Crippen molar-refractivity contribution < 1.29 is 4.79 Å². The number of amides is 1. The molecule has 0 aliphatic rings. The van der Waals surface area contributed by atoms with E-state index in [1.807, 2.05) is 73.1 Å². The van der Waals surface area contributed by atoms with Crippen LogP contribution in [0.25, 0.3) is 5.52 Å². The Morgan fingerprint density at radius 1 is 1.00 bits per heavy atom. The molecule has 0 saturated heterocycles. The van der Waals surface area contributed by atoms with Gasteiger partial charge in [-0.2, -0.15) is 0 Å². The van der Waals surface area contributed by atoms with Crippen LogP contribution in [-0.4, -0.2) is 26.8 Å². The Hall–Kier alpha value is -3.47. The molecule has 4 rings (SSSR count). The molecule has 0 bridgehead atoms. The third-order valence-electron chi connectivity index (χ3n) is 5.10. The summed E-state index contributed by atoms with van der Waals surface area (Å²) in [5.41, 5.74) is 3.22. The molecule has 1 aromatic carbocycles. The molecule has 5 nitrogen and oxygen atoms in total. The summed E-state index contributed by atoms with van der Waals surface area (Å²) in [6, 6.07) is 19.9. The van der Waals surface area contributed by atoms with Crippen molar-refractivity contribution >= 4 is 11.4 Å². The SMILES string of the molecule is O=C(NCCCc1ncc2ccccn12)C(Cc1ccncc1)c1ccccc1. The molecule has 0 spiro atoms. The minimum atomic E-state index is -0.217. The fourth-order valence-corrected chi connectivity index (χ4v) is 3.57. The summed E-state index contributed by atoms with van der Waals surface area (Å²) < 4.78 is 2.10. The van der Waals surface area contributed by atoms with Gasteiger partial charge < -0.3 is 9.72 Å². The van der Waals surface area contributed by atoms with Crippen molar-refractivity contribution in [2.45, 2.75) is 25.2 Å². The lowest BCUT2D eigenvalue weighted by Gasteiger charge is -2.17. The van der Waals surface area contributed by atoms with Crippen molar-refractivity contribution in [1.82, 2.24) is 19.7 Å². The normalized spacial score (nSPS) is 12.0. The van der Waals surface area contributed by atoms with E-state index in [2.05, 4.69) is 19.7 Å². The molecular formula is C24H24N4O. The molecule has 3 heterocycles. The van der Waals surface area contributed by atoms with Gasteiger partial charge in [0.25, 0.3) is 0 Å². The van der Waals surface area contributed by atoms with E-state index in [-0.39, 0.29) is 11.8 Å². The average Bonchev–Trinajstić information content (AvgIpc) is 3.19. The van der Waals surface area contributed by atoms with Gasteiger partial charge in [-0.25, -0.2) is 4.98 Å². The Balaban J connectivity index is 1.37. The van der Waals surface area contributed by atoms with Crippen LogP contribution in [0, 0.1) is 0 Å². The van der Waals surface area contributed by atoms with Crippen LogP contribution in [0.5, 0.6) is 0 Å². The molecule has 146 valence electrons. The number of aromatic nitrogens is 3. The predicted octanol–water partition coefficient (Wildman–Crippen LogP) is 3.80. The van der Waals surface area contributed by atoms with Crippen LogP contribution in [0.4, 0.5) is 0 Å². The number of fused-ring (bicyclic) bond motifs is 1. The van der Waals surface area contributed by atoms with Gasteiger partial charge >= 0.3 is 0 Å². The summed E-state index contributed by atoms with van der Waals surface area (Å²) in [5, 5.41) is 3.12. The Kier molecular flexibility index (Phi) is 5.95. The van der Waals surface area contributed by atoms with E-state index >= 15 is 0 Å². The van der Waals surface area contributed by atoms with E-state index in [9.17, 15) is 4.79 Å². The first-order valence-corrected chi connectivity index (χ1v) is 9.94. The number of benzene rings is 1. The Labute approximate surface area is 170 Å². The largest absolute Gasteiger partial charge is 0.356 e. The minimum absolute atomic E-state index is 0.0565. The zero-order valence-electron chi connectivity index (χ0n) is 16.2. The molecule has 3 aromatic heterocycles. The highest BCUT2D eigenvalue weighted by Crippen LogP contribution is 2.21. The van der Waals surface area contributed by atoms with Gasteiger partial charge in [0.15, 0.2) is 0 Å². The molecule has 1 atom stereocenters. The molecule has 0 aliphatic heterocycles. The number of nitrogens with one attached hydrogen (secondary N) is 1. The predicted molar refractivity (Wildman–Crippen MR) is 114 cm³/mol. The molecule has 1 N–H and O–H groups in total. The fourth-order valence-electron chi connectivity index (χ4n) is 3.57. The summed E-state index contributed by atoms with van der Waals surface area (Å²) in [6.07, 6.45) is 9.76. The van der Waals surface area contributed by atoms with E-state index in [0.717, 1.165) is 35.3 Å². The van der Waals surface area contributed by atoms with Gasteiger partial charge in [0.2, 0.25) is 5.91 Å². The summed E-state index contributed by atoms with van der Waals surface area (Å²) in [5.74, 6) is 0.859. The number of carbonyl (C=O) groups excluding carboxylic acids is 1.